The van der Waals surface area contributed by atoms with E-state index in [0.717, 1.165) is 22.4 Å². The molecule has 0 spiro atoms. The number of carbonyl (C=O) groups excluding carboxylic acids is 2. The van der Waals surface area contributed by atoms with E-state index in [1.807, 2.05) is 66.9 Å². The highest BCUT2D eigenvalue weighted by molar-refractivity contribution is 7.15. The Hall–Kier alpha value is -3.12. The molecular formula is C23H23NO4S. The maximum atomic E-state index is 12.5. The summed E-state index contributed by atoms with van der Waals surface area (Å²) in [5, 5.41) is 5.18. The summed E-state index contributed by atoms with van der Waals surface area (Å²) < 4.78 is 10.8. The molecule has 0 aliphatic carbocycles. The van der Waals surface area contributed by atoms with Crippen molar-refractivity contribution in [2.75, 3.05) is 18.5 Å². The van der Waals surface area contributed by atoms with Crippen molar-refractivity contribution in [2.45, 2.75) is 20.3 Å². The second kappa shape index (κ2) is 9.89. The Morgan fingerprint density at radius 2 is 1.76 bits per heavy atom. The van der Waals surface area contributed by atoms with Crippen LogP contribution >= 0.6 is 11.3 Å². The second-order valence-electron chi connectivity index (χ2n) is 6.40. The zero-order valence-corrected chi connectivity index (χ0v) is 17.3. The Morgan fingerprint density at radius 1 is 1.03 bits per heavy atom. The fourth-order valence-electron chi connectivity index (χ4n) is 2.77. The normalized spacial score (nSPS) is 10.4. The van der Waals surface area contributed by atoms with Gasteiger partial charge >= 0.3 is 5.97 Å². The lowest BCUT2D eigenvalue weighted by Crippen LogP contribution is -2.17. The zero-order chi connectivity index (χ0) is 20.6. The second-order valence-corrected chi connectivity index (χ2v) is 7.28. The van der Waals surface area contributed by atoms with Crippen LogP contribution in [0.15, 0.2) is 60.0 Å². The van der Waals surface area contributed by atoms with E-state index in [0.29, 0.717) is 10.6 Å². The maximum Gasteiger partial charge on any atom is 0.341 e. The van der Waals surface area contributed by atoms with E-state index in [-0.39, 0.29) is 25.5 Å². The van der Waals surface area contributed by atoms with Crippen LogP contribution < -0.4 is 10.1 Å². The summed E-state index contributed by atoms with van der Waals surface area (Å²) in [5.74, 6) is 0.0565. The number of thiophene rings is 1. The van der Waals surface area contributed by atoms with Gasteiger partial charge in [-0.05, 0) is 31.5 Å². The number of benzene rings is 2. The first-order valence-electron chi connectivity index (χ1n) is 9.42. The Balaban J connectivity index is 1.69. The van der Waals surface area contributed by atoms with Crippen LogP contribution in [0.5, 0.6) is 5.75 Å². The number of rotatable bonds is 8. The van der Waals surface area contributed by atoms with Crippen LogP contribution in [-0.2, 0) is 9.53 Å². The van der Waals surface area contributed by atoms with Crippen LogP contribution in [0.3, 0.4) is 0 Å². The standard InChI is InChI=1S/C23H23NO4S/c1-3-27-23(26)21-19(17-7-5-4-6-8-17)15-29-22(21)24-20(25)13-14-28-18-11-9-16(2)10-12-18/h4-12,15H,3,13-14H2,1-2H3,(H,24,25). The van der Waals surface area contributed by atoms with E-state index < -0.39 is 5.97 Å². The summed E-state index contributed by atoms with van der Waals surface area (Å²) in [4.78, 5) is 24.9. The molecule has 3 aromatic rings. The zero-order valence-electron chi connectivity index (χ0n) is 16.4. The van der Waals surface area contributed by atoms with Crippen molar-refractivity contribution in [3.63, 3.8) is 0 Å². The van der Waals surface area contributed by atoms with Crippen molar-refractivity contribution in [2.24, 2.45) is 0 Å². The van der Waals surface area contributed by atoms with Gasteiger partial charge < -0.3 is 14.8 Å². The van der Waals surface area contributed by atoms with Gasteiger partial charge in [0.2, 0.25) is 5.91 Å². The molecule has 29 heavy (non-hydrogen) atoms. The van der Waals surface area contributed by atoms with Gasteiger partial charge in [-0.1, -0.05) is 48.0 Å². The summed E-state index contributed by atoms with van der Waals surface area (Å²) in [6, 6.07) is 17.2. The summed E-state index contributed by atoms with van der Waals surface area (Å²) in [6.45, 7) is 4.28. The number of amides is 1. The first-order chi connectivity index (χ1) is 14.1. The first kappa shape index (κ1) is 20.6. The van der Waals surface area contributed by atoms with Crippen molar-refractivity contribution in [3.8, 4) is 16.9 Å². The quantitative estimate of drug-likeness (QED) is 0.512. The lowest BCUT2D eigenvalue weighted by Gasteiger charge is -2.09. The smallest absolute Gasteiger partial charge is 0.341 e. The topological polar surface area (TPSA) is 64.6 Å². The molecule has 3 rings (SSSR count). The van der Waals surface area contributed by atoms with Gasteiger partial charge in [-0.15, -0.1) is 11.3 Å². The van der Waals surface area contributed by atoms with E-state index in [2.05, 4.69) is 5.32 Å². The van der Waals surface area contributed by atoms with E-state index in [9.17, 15) is 9.59 Å². The molecule has 0 saturated carbocycles. The summed E-state index contributed by atoms with van der Waals surface area (Å²) >= 11 is 1.31. The third-order valence-corrected chi connectivity index (χ3v) is 5.12. The van der Waals surface area contributed by atoms with Gasteiger partial charge in [-0.25, -0.2) is 4.79 Å². The minimum absolute atomic E-state index is 0.175. The average Bonchev–Trinajstić information content (AvgIpc) is 3.14. The molecule has 5 nitrogen and oxygen atoms in total. The molecule has 0 radical (unpaired) electrons. The third-order valence-electron chi connectivity index (χ3n) is 4.23. The van der Waals surface area contributed by atoms with Crippen molar-refractivity contribution in [3.05, 3.63) is 71.1 Å². The fourth-order valence-corrected chi connectivity index (χ4v) is 3.74. The minimum Gasteiger partial charge on any atom is -0.493 e. The first-order valence-corrected chi connectivity index (χ1v) is 10.3. The van der Waals surface area contributed by atoms with Crippen LogP contribution in [0.4, 0.5) is 5.00 Å². The largest absolute Gasteiger partial charge is 0.493 e. The van der Waals surface area contributed by atoms with Crippen molar-refractivity contribution in [1.29, 1.82) is 0 Å². The van der Waals surface area contributed by atoms with E-state index in [1.54, 1.807) is 6.92 Å². The minimum atomic E-state index is -0.446. The van der Waals surface area contributed by atoms with Crippen molar-refractivity contribution >= 4 is 28.2 Å². The Morgan fingerprint density at radius 3 is 2.45 bits per heavy atom. The third kappa shape index (κ3) is 5.45. The Bertz CT molecular complexity index is 964. The van der Waals surface area contributed by atoms with Gasteiger partial charge in [0.05, 0.1) is 19.6 Å². The number of ether oxygens (including phenoxy) is 2. The lowest BCUT2D eigenvalue weighted by molar-refractivity contribution is -0.116. The molecule has 0 aliphatic heterocycles. The van der Waals surface area contributed by atoms with Crippen molar-refractivity contribution < 1.29 is 19.1 Å². The molecule has 0 unspecified atom stereocenters. The molecule has 0 aliphatic rings. The molecule has 6 heteroatoms. The number of carbonyl (C=O) groups is 2. The van der Waals surface area contributed by atoms with Crippen LogP contribution in [-0.4, -0.2) is 25.1 Å². The molecule has 0 saturated heterocycles. The van der Waals surface area contributed by atoms with E-state index >= 15 is 0 Å². The molecule has 150 valence electrons. The van der Waals surface area contributed by atoms with Gasteiger partial charge in [0, 0.05) is 10.9 Å². The number of hydrogen-bond donors (Lipinski definition) is 1. The Kier molecular flexibility index (Phi) is 7.03. The SMILES string of the molecule is CCOC(=O)c1c(-c2ccccc2)csc1NC(=O)CCOc1ccc(C)cc1. The maximum absolute atomic E-state index is 12.5. The van der Waals surface area contributed by atoms with Gasteiger partial charge in [-0.2, -0.15) is 0 Å². The number of aryl methyl sites for hydroxylation is 1. The van der Waals surface area contributed by atoms with Gasteiger partial charge in [0.25, 0.3) is 0 Å². The van der Waals surface area contributed by atoms with E-state index in [1.165, 1.54) is 11.3 Å². The number of esters is 1. The number of hydrogen-bond acceptors (Lipinski definition) is 5. The molecule has 1 amide bonds. The molecule has 0 bridgehead atoms. The molecule has 0 fully saturated rings. The van der Waals surface area contributed by atoms with E-state index in [4.69, 9.17) is 9.47 Å². The molecule has 1 heterocycles. The van der Waals surface area contributed by atoms with Crippen LogP contribution in [0.2, 0.25) is 0 Å². The lowest BCUT2D eigenvalue weighted by atomic mass is 10.0. The fraction of sp³-hybridized carbons (Fsp3) is 0.217. The number of nitrogens with one attached hydrogen (secondary N) is 1. The molecule has 2 aromatic carbocycles. The predicted molar refractivity (Wildman–Crippen MR) is 116 cm³/mol. The van der Waals surface area contributed by atoms with Crippen LogP contribution in [0.25, 0.3) is 11.1 Å². The molecular weight excluding hydrogens is 386 g/mol. The monoisotopic (exact) mass is 409 g/mol. The summed E-state index contributed by atoms with van der Waals surface area (Å²) in [5.41, 5.74) is 3.18. The highest BCUT2D eigenvalue weighted by Gasteiger charge is 2.22. The Labute approximate surface area is 174 Å². The highest BCUT2D eigenvalue weighted by atomic mass is 32.1. The number of anilines is 1. The van der Waals surface area contributed by atoms with Gasteiger partial charge in [0.1, 0.15) is 16.3 Å². The summed E-state index contributed by atoms with van der Waals surface area (Å²) in [7, 11) is 0. The van der Waals surface area contributed by atoms with Crippen LogP contribution in [0.1, 0.15) is 29.3 Å². The van der Waals surface area contributed by atoms with Gasteiger partial charge in [-0.3, -0.25) is 4.79 Å². The van der Waals surface area contributed by atoms with Gasteiger partial charge in [0.15, 0.2) is 0 Å². The molecule has 1 aromatic heterocycles. The predicted octanol–water partition coefficient (Wildman–Crippen LogP) is 5.31. The molecule has 1 N–H and O–H groups in total. The highest BCUT2D eigenvalue weighted by Crippen LogP contribution is 2.36. The summed E-state index contributed by atoms with van der Waals surface area (Å²) in [6.07, 6.45) is 0.175. The van der Waals surface area contributed by atoms with Crippen LogP contribution in [0, 0.1) is 6.92 Å². The van der Waals surface area contributed by atoms with Crippen molar-refractivity contribution in [1.82, 2.24) is 0 Å². The average molecular weight is 410 g/mol. The molecule has 0 atom stereocenters.